The van der Waals surface area contributed by atoms with Crippen molar-refractivity contribution in [3.8, 4) is 0 Å². The summed E-state index contributed by atoms with van der Waals surface area (Å²) in [7, 11) is -3.64. The van der Waals surface area contributed by atoms with Gasteiger partial charge in [0, 0.05) is 31.8 Å². The highest BCUT2D eigenvalue weighted by Gasteiger charge is 2.22. The lowest BCUT2D eigenvalue weighted by molar-refractivity contribution is -0.116. The Kier molecular flexibility index (Phi) is 8.18. The van der Waals surface area contributed by atoms with Crippen molar-refractivity contribution in [2.24, 2.45) is 0 Å². The number of anilines is 1. The third-order valence-corrected chi connectivity index (χ3v) is 6.73. The molecule has 0 saturated heterocycles. The lowest BCUT2D eigenvalue weighted by Crippen LogP contribution is -2.30. The highest BCUT2D eigenvalue weighted by atomic mass is 35.5. The van der Waals surface area contributed by atoms with Crippen molar-refractivity contribution in [1.82, 2.24) is 14.4 Å². The molecule has 0 unspecified atom stereocenters. The summed E-state index contributed by atoms with van der Waals surface area (Å²) < 4.78 is 31.8. The van der Waals surface area contributed by atoms with Crippen molar-refractivity contribution >= 4 is 33.2 Å². The highest BCUT2D eigenvalue weighted by Crippen LogP contribution is 2.27. The predicted molar refractivity (Wildman–Crippen MR) is 112 cm³/mol. The van der Waals surface area contributed by atoms with E-state index in [4.69, 9.17) is 16.1 Å². The van der Waals surface area contributed by atoms with Gasteiger partial charge >= 0.3 is 0 Å². The molecule has 160 valence electrons. The second kappa shape index (κ2) is 10.2. The quantitative estimate of drug-likeness (QED) is 0.599. The van der Waals surface area contributed by atoms with Crippen LogP contribution in [0.15, 0.2) is 27.6 Å². The number of nitrogens with zero attached hydrogens (tertiary/aromatic N) is 3. The van der Waals surface area contributed by atoms with Crippen molar-refractivity contribution in [1.29, 1.82) is 0 Å². The minimum absolute atomic E-state index is 0.0907. The van der Waals surface area contributed by atoms with Gasteiger partial charge in [0.1, 0.15) is 0 Å². The van der Waals surface area contributed by atoms with Crippen LogP contribution in [0.3, 0.4) is 0 Å². The van der Waals surface area contributed by atoms with E-state index in [1.54, 1.807) is 13.8 Å². The van der Waals surface area contributed by atoms with Crippen LogP contribution in [-0.4, -0.2) is 41.9 Å². The van der Waals surface area contributed by atoms with Crippen molar-refractivity contribution in [2.45, 2.75) is 57.8 Å². The number of benzene rings is 1. The Morgan fingerprint density at radius 2 is 1.97 bits per heavy atom. The Balaban J connectivity index is 2.00. The van der Waals surface area contributed by atoms with Crippen LogP contribution in [0.2, 0.25) is 5.02 Å². The number of carbonyl (C=O) groups is 1. The molecule has 2 aromatic rings. The van der Waals surface area contributed by atoms with Crippen LogP contribution in [0, 0.1) is 0 Å². The van der Waals surface area contributed by atoms with Crippen molar-refractivity contribution in [3.05, 3.63) is 34.9 Å². The van der Waals surface area contributed by atoms with E-state index in [1.165, 1.54) is 22.5 Å². The van der Waals surface area contributed by atoms with Gasteiger partial charge in [-0.3, -0.25) is 4.79 Å². The molecule has 0 atom stereocenters. The first kappa shape index (κ1) is 23.3. The van der Waals surface area contributed by atoms with Gasteiger partial charge in [-0.1, -0.05) is 44.5 Å². The summed E-state index contributed by atoms with van der Waals surface area (Å²) in [5, 5.41) is 6.85. The number of halogens is 1. The van der Waals surface area contributed by atoms with Crippen LogP contribution in [-0.2, 0) is 21.2 Å². The van der Waals surface area contributed by atoms with Gasteiger partial charge in [-0.2, -0.15) is 9.29 Å². The molecule has 1 heterocycles. The van der Waals surface area contributed by atoms with E-state index in [9.17, 15) is 13.2 Å². The Morgan fingerprint density at radius 3 is 2.55 bits per heavy atom. The van der Waals surface area contributed by atoms with E-state index in [0.29, 0.717) is 37.6 Å². The molecule has 0 fully saturated rings. The predicted octanol–water partition coefficient (Wildman–Crippen LogP) is 3.84. The summed E-state index contributed by atoms with van der Waals surface area (Å²) in [5.74, 6) is 1.04. The number of aromatic nitrogens is 2. The molecule has 2 rings (SSSR count). The number of rotatable bonds is 10. The molecule has 1 amide bonds. The van der Waals surface area contributed by atoms with Crippen LogP contribution in [0.5, 0.6) is 0 Å². The van der Waals surface area contributed by atoms with Crippen molar-refractivity contribution < 1.29 is 17.7 Å². The molecule has 1 N–H and O–H groups in total. The number of aryl methyl sites for hydroxylation is 1. The second-order valence-corrected chi connectivity index (χ2v) is 9.18. The van der Waals surface area contributed by atoms with Crippen LogP contribution < -0.4 is 5.32 Å². The topological polar surface area (TPSA) is 105 Å². The monoisotopic (exact) mass is 442 g/mol. The normalized spacial score (nSPS) is 12.0. The number of nitrogens with one attached hydrogen (secondary N) is 1. The zero-order valence-electron chi connectivity index (χ0n) is 17.1. The molecule has 0 radical (unpaired) electrons. The summed E-state index contributed by atoms with van der Waals surface area (Å²) in [6, 6.07) is 4.30. The standard InChI is InChI=1S/C19H27ClN4O4S/c1-5-24(6-2)29(26,27)14-10-11-15(20)16(12-14)21-17(25)8-7-9-18-22-19(13(3)4)23-28-18/h10-13H,5-9H2,1-4H3,(H,21,25). The smallest absolute Gasteiger partial charge is 0.243 e. The molecule has 1 aromatic carbocycles. The fraction of sp³-hybridized carbons (Fsp3) is 0.526. The van der Waals surface area contributed by atoms with Crippen LogP contribution in [0.1, 0.15) is 58.2 Å². The van der Waals surface area contributed by atoms with Gasteiger partial charge < -0.3 is 9.84 Å². The minimum Gasteiger partial charge on any atom is -0.339 e. The maximum absolute atomic E-state index is 12.7. The molecule has 1 aromatic heterocycles. The zero-order valence-corrected chi connectivity index (χ0v) is 18.7. The highest BCUT2D eigenvalue weighted by molar-refractivity contribution is 7.89. The first-order chi connectivity index (χ1) is 13.7. The average Bonchev–Trinajstić information content (AvgIpc) is 3.13. The number of carbonyl (C=O) groups excluding carboxylic acids is 1. The lowest BCUT2D eigenvalue weighted by atomic mass is 10.2. The average molecular weight is 443 g/mol. The van der Waals surface area contributed by atoms with Gasteiger partial charge in [0.2, 0.25) is 21.8 Å². The van der Waals surface area contributed by atoms with Gasteiger partial charge in [-0.25, -0.2) is 8.42 Å². The molecule has 0 bridgehead atoms. The maximum atomic E-state index is 12.7. The summed E-state index contributed by atoms with van der Waals surface area (Å²) >= 11 is 6.14. The Bertz CT molecular complexity index is 939. The van der Waals surface area contributed by atoms with Crippen LogP contribution >= 0.6 is 11.6 Å². The minimum atomic E-state index is -3.64. The fourth-order valence-electron chi connectivity index (χ4n) is 2.69. The Morgan fingerprint density at radius 1 is 1.28 bits per heavy atom. The Labute approximate surface area is 176 Å². The van der Waals surface area contributed by atoms with Gasteiger partial charge in [0.05, 0.1) is 15.6 Å². The largest absolute Gasteiger partial charge is 0.339 e. The summed E-state index contributed by atoms with van der Waals surface area (Å²) in [4.78, 5) is 16.6. The second-order valence-electron chi connectivity index (χ2n) is 6.83. The molecular weight excluding hydrogens is 416 g/mol. The summed E-state index contributed by atoms with van der Waals surface area (Å²) in [5.41, 5.74) is 0.268. The Hall–Kier alpha value is -1.97. The number of sulfonamides is 1. The van der Waals surface area contributed by atoms with Gasteiger partial charge in [-0.15, -0.1) is 0 Å². The number of hydrogen-bond acceptors (Lipinski definition) is 6. The number of hydrogen-bond donors (Lipinski definition) is 1. The van der Waals surface area contributed by atoms with E-state index in [2.05, 4.69) is 15.5 Å². The first-order valence-corrected chi connectivity index (χ1v) is 11.4. The van der Waals surface area contributed by atoms with E-state index in [-0.39, 0.29) is 33.9 Å². The van der Waals surface area contributed by atoms with Crippen LogP contribution in [0.25, 0.3) is 0 Å². The SMILES string of the molecule is CCN(CC)S(=O)(=O)c1ccc(Cl)c(NC(=O)CCCc2nc(C(C)C)no2)c1. The summed E-state index contributed by atoms with van der Waals surface area (Å²) in [6.07, 6.45) is 1.21. The molecular formula is C19H27ClN4O4S. The van der Waals surface area contributed by atoms with Gasteiger partial charge in [-0.05, 0) is 24.6 Å². The van der Waals surface area contributed by atoms with E-state index < -0.39 is 10.0 Å². The molecule has 0 aliphatic rings. The van der Waals surface area contributed by atoms with Crippen molar-refractivity contribution in [2.75, 3.05) is 18.4 Å². The molecule has 0 spiro atoms. The fourth-order valence-corrected chi connectivity index (χ4v) is 4.34. The molecule has 0 saturated carbocycles. The molecule has 0 aliphatic heterocycles. The lowest BCUT2D eigenvalue weighted by Gasteiger charge is -2.19. The summed E-state index contributed by atoms with van der Waals surface area (Å²) in [6.45, 7) is 8.20. The van der Waals surface area contributed by atoms with Gasteiger partial charge in [0.15, 0.2) is 5.82 Å². The molecule has 8 nitrogen and oxygen atoms in total. The molecule has 10 heteroatoms. The third-order valence-electron chi connectivity index (χ3n) is 4.35. The first-order valence-electron chi connectivity index (χ1n) is 9.61. The number of amides is 1. The van der Waals surface area contributed by atoms with E-state index in [1.807, 2.05) is 13.8 Å². The van der Waals surface area contributed by atoms with Crippen molar-refractivity contribution in [3.63, 3.8) is 0 Å². The maximum Gasteiger partial charge on any atom is 0.243 e. The zero-order chi connectivity index (χ0) is 21.6. The van der Waals surface area contributed by atoms with Gasteiger partial charge in [0.25, 0.3) is 0 Å². The molecule has 0 aliphatic carbocycles. The van der Waals surface area contributed by atoms with E-state index in [0.717, 1.165) is 0 Å². The molecule has 29 heavy (non-hydrogen) atoms. The van der Waals surface area contributed by atoms with E-state index >= 15 is 0 Å². The van der Waals surface area contributed by atoms with Crippen LogP contribution in [0.4, 0.5) is 5.69 Å². The third kappa shape index (κ3) is 6.01.